The number of para-hydroxylation sites is 2. The van der Waals surface area contributed by atoms with E-state index >= 15 is 0 Å². The third-order valence-electron chi connectivity index (χ3n) is 4.51. The number of hydrogen-bond donors (Lipinski definition) is 1. The van der Waals surface area contributed by atoms with Crippen LogP contribution in [0.5, 0.6) is 5.75 Å². The van der Waals surface area contributed by atoms with E-state index in [1.807, 2.05) is 37.3 Å². The number of nitrogens with zero attached hydrogens (tertiary/aromatic N) is 1. The van der Waals surface area contributed by atoms with Crippen molar-refractivity contribution in [2.75, 3.05) is 11.4 Å². The van der Waals surface area contributed by atoms with E-state index < -0.39 is 0 Å². The summed E-state index contributed by atoms with van der Waals surface area (Å²) in [6.07, 6.45) is 3.24. The molecule has 0 saturated heterocycles. The van der Waals surface area contributed by atoms with E-state index in [0.29, 0.717) is 17.2 Å². The molecule has 4 rings (SSSR count). The SMILES string of the molecule is Cc1cccc(/C=C2/Oc3ccccc3N(CC(=O)NCc3ccco3)C2=O)c1. The first-order valence-corrected chi connectivity index (χ1v) is 9.26. The highest BCUT2D eigenvalue weighted by Gasteiger charge is 2.31. The Morgan fingerprint density at radius 3 is 2.76 bits per heavy atom. The van der Waals surface area contributed by atoms with Gasteiger partial charge in [0.15, 0.2) is 11.5 Å². The first-order valence-electron chi connectivity index (χ1n) is 9.26. The van der Waals surface area contributed by atoms with Crippen LogP contribution in [0.25, 0.3) is 6.08 Å². The van der Waals surface area contributed by atoms with Gasteiger partial charge in [-0.2, -0.15) is 0 Å². The fourth-order valence-corrected chi connectivity index (χ4v) is 3.13. The predicted octanol–water partition coefficient (Wildman–Crippen LogP) is 3.67. The molecule has 1 N–H and O–H groups in total. The molecule has 3 aromatic rings. The van der Waals surface area contributed by atoms with Crippen molar-refractivity contribution in [2.24, 2.45) is 0 Å². The van der Waals surface area contributed by atoms with E-state index in [0.717, 1.165) is 11.1 Å². The summed E-state index contributed by atoms with van der Waals surface area (Å²) in [5, 5.41) is 2.77. The minimum Gasteiger partial charge on any atom is -0.467 e. The van der Waals surface area contributed by atoms with Crippen molar-refractivity contribution in [1.29, 1.82) is 0 Å². The highest BCUT2D eigenvalue weighted by atomic mass is 16.5. The summed E-state index contributed by atoms with van der Waals surface area (Å²) >= 11 is 0. The van der Waals surface area contributed by atoms with Gasteiger partial charge in [0.2, 0.25) is 5.91 Å². The average Bonchev–Trinajstić information content (AvgIpc) is 3.23. The van der Waals surface area contributed by atoms with E-state index in [4.69, 9.17) is 9.15 Å². The van der Waals surface area contributed by atoms with Gasteiger partial charge in [-0.3, -0.25) is 14.5 Å². The molecule has 29 heavy (non-hydrogen) atoms. The Bertz CT molecular complexity index is 1070. The standard InChI is InChI=1S/C23H20N2O4/c1-16-6-4-7-17(12-16)13-21-23(27)25(19-9-2-3-10-20(19)29-21)15-22(26)24-14-18-8-5-11-28-18/h2-13H,14-15H2,1H3,(H,24,26)/b21-13+. The molecule has 0 atom stereocenters. The van der Waals surface area contributed by atoms with Crippen LogP contribution in [0.4, 0.5) is 5.69 Å². The van der Waals surface area contributed by atoms with Gasteiger partial charge in [-0.15, -0.1) is 0 Å². The summed E-state index contributed by atoms with van der Waals surface area (Å²) in [6.45, 7) is 2.12. The minimum absolute atomic E-state index is 0.120. The van der Waals surface area contributed by atoms with E-state index in [2.05, 4.69) is 5.32 Å². The van der Waals surface area contributed by atoms with Crippen molar-refractivity contribution in [3.8, 4) is 5.75 Å². The van der Waals surface area contributed by atoms with Crippen molar-refractivity contribution in [3.63, 3.8) is 0 Å². The van der Waals surface area contributed by atoms with Crippen molar-refractivity contribution in [3.05, 3.63) is 89.6 Å². The Hall–Kier alpha value is -3.80. The Morgan fingerprint density at radius 1 is 1.10 bits per heavy atom. The Labute approximate surface area is 168 Å². The number of carbonyl (C=O) groups is 2. The second-order valence-corrected chi connectivity index (χ2v) is 6.74. The summed E-state index contributed by atoms with van der Waals surface area (Å²) in [5.41, 5.74) is 2.50. The van der Waals surface area contributed by atoms with E-state index in [-0.39, 0.29) is 30.7 Å². The third kappa shape index (κ3) is 4.21. The Kier molecular flexibility index (Phi) is 5.16. The number of ether oxygens (including phenoxy) is 1. The van der Waals surface area contributed by atoms with Crippen LogP contribution in [0.1, 0.15) is 16.9 Å². The molecule has 2 amide bonds. The van der Waals surface area contributed by atoms with E-state index in [1.165, 1.54) is 4.90 Å². The number of furan rings is 1. The van der Waals surface area contributed by atoms with E-state index in [1.54, 1.807) is 42.7 Å². The molecular formula is C23H20N2O4. The predicted molar refractivity (Wildman–Crippen MR) is 109 cm³/mol. The first kappa shape index (κ1) is 18.6. The highest BCUT2D eigenvalue weighted by Crippen LogP contribution is 2.35. The topological polar surface area (TPSA) is 71.8 Å². The van der Waals surface area contributed by atoms with Crippen LogP contribution in [0.15, 0.2) is 77.1 Å². The quantitative estimate of drug-likeness (QED) is 0.677. The van der Waals surface area contributed by atoms with Crippen molar-refractivity contribution < 1.29 is 18.7 Å². The zero-order valence-electron chi connectivity index (χ0n) is 15.9. The molecule has 0 bridgehead atoms. The summed E-state index contributed by atoms with van der Waals surface area (Å²) in [6, 6.07) is 18.5. The second-order valence-electron chi connectivity index (χ2n) is 6.74. The third-order valence-corrected chi connectivity index (χ3v) is 4.51. The van der Waals surface area contributed by atoms with Gasteiger partial charge in [0, 0.05) is 0 Å². The maximum absolute atomic E-state index is 13.1. The molecule has 6 heteroatoms. The van der Waals surface area contributed by atoms with Crippen molar-refractivity contribution in [1.82, 2.24) is 5.32 Å². The summed E-state index contributed by atoms with van der Waals surface area (Å²) in [7, 11) is 0. The van der Waals surface area contributed by atoms with Crippen LogP contribution >= 0.6 is 0 Å². The highest BCUT2D eigenvalue weighted by molar-refractivity contribution is 6.12. The van der Waals surface area contributed by atoms with Crippen LogP contribution in [0.2, 0.25) is 0 Å². The maximum Gasteiger partial charge on any atom is 0.294 e. The zero-order valence-corrected chi connectivity index (χ0v) is 15.9. The molecule has 1 aromatic heterocycles. The molecule has 1 aliphatic rings. The molecular weight excluding hydrogens is 368 g/mol. The lowest BCUT2D eigenvalue weighted by Gasteiger charge is -2.30. The van der Waals surface area contributed by atoms with Gasteiger partial charge < -0.3 is 14.5 Å². The van der Waals surface area contributed by atoms with Crippen LogP contribution in [-0.2, 0) is 16.1 Å². The number of nitrogens with one attached hydrogen (secondary N) is 1. The number of rotatable bonds is 5. The van der Waals surface area contributed by atoms with Gasteiger partial charge in [0.05, 0.1) is 18.5 Å². The normalized spacial score (nSPS) is 14.4. The van der Waals surface area contributed by atoms with Gasteiger partial charge in [0.25, 0.3) is 5.91 Å². The molecule has 2 heterocycles. The molecule has 0 aliphatic carbocycles. The van der Waals surface area contributed by atoms with Crippen LogP contribution in [-0.4, -0.2) is 18.4 Å². The zero-order chi connectivity index (χ0) is 20.2. The van der Waals surface area contributed by atoms with Gasteiger partial charge in [-0.1, -0.05) is 42.0 Å². The molecule has 0 saturated carbocycles. The van der Waals surface area contributed by atoms with Crippen molar-refractivity contribution in [2.45, 2.75) is 13.5 Å². The maximum atomic E-state index is 13.1. The van der Waals surface area contributed by atoms with Crippen LogP contribution in [0.3, 0.4) is 0 Å². The summed E-state index contributed by atoms with van der Waals surface area (Å²) < 4.78 is 11.1. The summed E-state index contributed by atoms with van der Waals surface area (Å²) in [5.74, 6) is 0.699. The largest absolute Gasteiger partial charge is 0.467 e. The monoisotopic (exact) mass is 388 g/mol. The number of aryl methyl sites for hydroxylation is 1. The van der Waals surface area contributed by atoms with Crippen LogP contribution < -0.4 is 15.0 Å². The van der Waals surface area contributed by atoms with Gasteiger partial charge in [0.1, 0.15) is 12.3 Å². The molecule has 0 radical (unpaired) electrons. The fraction of sp³-hybridized carbons (Fsp3) is 0.130. The second kappa shape index (κ2) is 8.06. The number of benzene rings is 2. The van der Waals surface area contributed by atoms with E-state index in [9.17, 15) is 9.59 Å². The number of hydrogen-bond acceptors (Lipinski definition) is 4. The van der Waals surface area contributed by atoms with Gasteiger partial charge in [-0.25, -0.2) is 0 Å². The molecule has 2 aromatic carbocycles. The smallest absolute Gasteiger partial charge is 0.294 e. The number of carbonyl (C=O) groups excluding carboxylic acids is 2. The molecule has 0 spiro atoms. The molecule has 6 nitrogen and oxygen atoms in total. The molecule has 146 valence electrons. The number of fused-ring (bicyclic) bond motifs is 1. The van der Waals surface area contributed by atoms with Gasteiger partial charge >= 0.3 is 0 Å². The minimum atomic E-state index is -0.363. The molecule has 0 fully saturated rings. The molecule has 0 unspecified atom stereocenters. The van der Waals surface area contributed by atoms with Crippen LogP contribution in [0, 0.1) is 6.92 Å². The lowest BCUT2D eigenvalue weighted by Crippen LogP contribution is -2.44. The average molecular weight is 388 g/mol. The Morgan fingerprint density at radius 2 is 1.97 bits per heavy atom. The van der Waals surface area contributed by atoms with Crippen molar-refractivity contribution >= 4 is 23.6 Å². The lowest BCUT2D eigenvalue weighted by atomic mass is 10.1. The number of amides is 2. The number of anilines is 1. The fourth-order valence-electron chi connectivity index (χ4n) is 3.13. The van der Waals surface area contributed by atoms with Gasteiger partial charge in [-0.05, 0) is 42.8 Å². The Balaban J connectivity index is 1.58. The first-order chi connectivity index (χ1) is 14.1. The molecule has 1 aliphatic heterocycles. The lowest BCUT2D eigenvalue weighted by molar-refractivity contribution is -0.123. The summed E-state index contributed by atoms with van der Waals surface area (Å²) in [4.78, 5) is 27.0.